The Morgan fingerprint density at radius 1 is 1.07 bits per heavy atom. The molecule has 0 unspecified atom stereocenters. The van der Waals surface area contributed by atoms with E-state index in [4.69, 9.17) is 10.8 Å². The molecule has 15 heavy (non-hydrogen) atoms. The molecule has 0 aromatic heterocycles. The molecule has 0 saturated carbocycles. The molecule has 7 heteroatoms. The number of hydrogen-bond donors (Lipinski definition) is 2. The minimum atomic E-state index is -0.875. The average Bonchev–Trinajstić information content (AvgIpc) is 2.22. The molecule has 0 spiro atoms. The molecule has 0 aliphatic rings. The molecule has 2 N–H and O–H groups in total. The summed E-state index contributed by atoms with van der Waals surface area (Å²) in [5, 5.41) is 14.4. The van der Waals surface area contributed by atoms with Gasteiger partial charge in [-0.25, -0.2) is 4.79 Å². The van der Waals surface area contributed by atoms with Crippen LogP contribution in [-0.2, 0) is 19.1 Å². The highest BCUT2D eigenvalue weighted by atomic mass is 35.5. The standard InChI is InChI=1S/C8H12N2O4.ClH/c1-13-6(11)4-3-5(9)7(10)8(12)14-2;/h9-10H,3-4H2,1-2H3;1H. The first-order valence-corrected chi connectivity index (χ1v) is 3.84. The first kappa shape index (κ1) is 16.0. The summed E-state index contributed by atoms with van der Waals surface area (Å²) in [5.41, 5.74) is -0.765. The quantitative estimate of drug-likeness (QED) is 0.538. The van der Waals surface area contributed by atoms with Gasteiger partial charge in [-0.2, -0.15) is 0 Å². The van der Waals surface area contributed by atoms with Crippen molar-refractivity contribution in [1.82, 2.24) is 0 Å². The van der Waals surface area contributed by atoms with Gasteiger partial charge in [0.1, 0.15) is 0 Å². The molecule has 0 aromatic rings. The van der Waals surface area contributed by atoms with Crippen LogP contribution in [0.2, 0.25) is 0 Å². The SMILES string of the molecule is COC(=O)CCC(=N)C(=N)C(=O)OC.Cl. The van der Waals surface area contributed by atoms with Crippen molar-refractivity contribution >= 4 is 35.8 Å². The van der Waals surface area contributed by atoms with Gasteiger partial charge in [0.05, 0.1) is 26.4 Å². The van der Waals surface area contributed by atoms with Crippen LogP contribution < -0.4 is 0 Å². The zero-order valence-electron chi connectivity index (χ0n) is 8.46. The lowest BCUT2D eigenvalue weighted by molar-refractivity contribution is -0.140. The molecule has 0 amide bonds. The number of rotatable bonds is 5. The second kappa shape index (κ2) is 7.93. The van der Waals surface area contributed by atoms with E-state index in [2.05, 4.69) is 9.47 Å². The first-order chi connectivity index (χ1) is 6.52. The van der Waals surface area contributed by atoms with Crippen molar-refractivity contribution in [2.24, 2.45) is 0 Å². The topological polar surface area (TPSA) is 100 Å². The summed E-state index contributed by atoms with van der Waals surface area (Å²) in [7, 11) is 2.36. The number of nitrogens with one attached hydrogen (secondary N) is 2. The molecule has 0 radical (unpaired) electrons. The van der Waals surface area contributed by atoms with Gasteiger partial charge in [-0.15, -0.1) is 12.4 Å². The van der Waals surface area contributed by atoms with Gasteiger partial charge in [-0.05, 0) is 0 Å². The molecule has 0 atom stereocenters. The van der Waals surface area contributed by atoms with Crippen molar-refractivity contribution in [3.8, 4) is 0 Å². The summed E-state index contributed by atoms with van der Waals surface area (Å²) in [6.45, 7) is 0. The Kier molecular flexibility index (Phi) is 8.46. The van der Waals surface area contributed by atoms with E-state index in [1.54, 1.807) is 0 Å². The largest absolute Gasteiger partial charge is 0.469 e. The van der Waals surface area contributed by atoms with Gasteiger partial charge in [0.25, 0.3) is 0 Å². The Hall–Kier alpha value is -1.43. The molecule has 0 fully saturated rings. The first-order valence-electron chi connectivity index (χ1n) is 3.84. The normalized spacial score (nSPS) is 8.40. The summed E-state index contributed by atoms with van der Waals surface area (Å²) in [6, 6.07) is 0. The third-order valence-electron chi connectivity index (χ3n) is 1.50. The van der Waals surface area contributed by atoms with Crippen molar-refractivity contribution < 1.29 is 19.1 Å². The molecular weight excluding hydrogens is 224 g/mol. The maximum atomic E-state index is 10.8. The van der Waals surface area contributed by atoms with Gasteiger partial charge in [0, 0.05) is 6.42 Å². The smallest absolute Gasteiger partial charge is 0.357 e. The van der Waals surface area contributed by atoms with Crippen molar-refractivity contribution in [1.29, 1.82) is 10.8 Å². The van der Waals surface area contributed by atoms with E-state index < -0.39 is 17.7 Å². The second-order valence-corrected chi connectivity index (χ2v) is 2.42. The molecule has 0 aliphatic heterocycles. The fraction of sp³-hybridized carbons (Fsp3) is 0.500. The summed E-state index contributed by atoms with van der Waals surface area (Å²) in [4.78, 5) is 21.4. The predicted octanol–water partition coefficient (Wildman–Crippen LogP) is 0.574. The highest BCUT2D eigenvalue weighted by Crippen LogP contribution is 1.96. The van der Waals surface area contributed by atoms with Crippen LogP contribution in [0, 0.1) is 10.8 Å². The molecule has 0 rings (SSSR count). The lowest BCUT2D eigenvalue weighted by atomic mass is 10.1. The average molecular weight is 237 g/mol. The monoisotopic (exact) mass is 236 g/mol. The zero-order chi connectivity index (χ0) is 11.1. The van der Waals surface area contributed by atoms with Crippen molar-refractivity contribution in [2.45, 2.75) is 12.8 Å². The Morgan fingerprint density at radius 3 is 2.00 bits per heavy atom. The fourth-order valence-electron chi connectivity index (χ4n) is 0.679. The van der Waals surface area contributed by atoms with Crippen molar-refractivity contribution in [3.63, 3.8) is 0 Å². The van der Waals surface area contributed by atoms with E-state index in [1.807, 2.05) is 0 Å². The third-order valence-corrected chi connectivity index (χ3v) is 1.50. The molecule has 86 valence electrons. The number of ether oxygens (including phenoxy) is 2. The summed E-state index contributed by atoms with van der Waals surface area (Å²) in [5.74, 6) is -1.35. The second-order valence-electron chi connectivity index (χ2n) is 2.42. The number of esters is 2. The number of carbonyl (C=O) groups is 2. The number of hydrogen-bond acceptors (Lipinski definition) is 6. The summed E-state index contributed by atoms with van der Waals surface area (Å²) < 4.78 is 8.59. The van der Waals surface area contributed by atoms with Crippen LogP contribution >= 0.6 is 12.4 Å². The zero-order valence-corrected chi connectivity index (χ0v) is 9.27. The van der Waals surface area contributed by atoms with E-state index in [0.29, 0.717) is 0 Å². The van der Waals surface area contributed by atoms with Gasteiger partial charge in [0.2, 0.25) is 0 Å². The third kappa shape index (κ3) is 5.79. The minimum absolute atomic E-state index is 0. The van der Waals surface area contributed by atoms with Gasteiger partial charge in [-0.3, -0.25) is 10.2 Å². The number of halogens is 1. The predicted molar refractivity (Wildman–Crippen MR) is 56.0 cm³/mol. The van der Waals surface area contributed by atoms with E-state index in [0.717, 1.165) is 7.11 Å². The Morgan fingerprint density at radius 2 is 1.60 bits per heavy atom. The Bertz CT molecular complexity index is 278. The fourth-order valence-corrected chi connectivity index (χ4v) is 0.679. The van der Waals surface area contributed by atoms with Crippen LogP contribution in [0.4, 0.5) is 0 Å². The Balaban J connectivity index is 0. The van der Waals surface area contributed by atoms with Crippen LogP contribution in [0.15, 0.2) is 0 Å². The maximum absolute atomic E-state index is 10.8. The van der Waals surface area contributed by atoms with Crippen molar-refractivity contribution in [3.05, 3.63) is 0 Å². The molecule has 6 nitrogen and oxygen atoms in total. The lowest BCUT2D eigenvalue weighted by Gasteiger charge is -2.02. The Labute approximate surface area is 93.4 Å². The van der Waals surface area contributed by atoms with E-state index in [9.17, 15) is 9.59 Å². The van der Waals surface area contributed by atoms with Gasteiger partial charge >= 0.3 is 11.9 Å². The minimum Gasteiger partial charge on any atom is -0.469 e. The molecule has 0 heterocycles. The van der Waals surface area contributed by atoms with Crippen molar-refractivity contribution in [2.75, 3.05) is 14.2 Å². The number of methoxy groups -OCH3 is 2. The molecule has 0 saturated heterocycles. The van der Waals surface area contributed by atoms with E-state index in [1.165, 1.54) is 7.11 Å². The van der Waals surface area contributed by atoms with Gasteiger partial charge in [-0.1, -0.05) is 0 Å². The van der Waals surface area contributed by atoms with E-state index >= 15 is 0 Å². The van der Waals surface area contributed by atoms with Crippen LogP contribution in [0.25, 0.3) is 0 Å². The van der Waals surface area contributed by atoms with E-state index in [-0.39, 0.29) is 31.0 Å². The van der Waals surface area contributed by atoms with Crippen LogP contribution in [-0.4, -0.2) is 37.6 Å². The van der Waals surface area contributed by atoms with Gasteiger partial charge in [0.15, 0.2) is 5.71 Å². The molecule has 0 bridgehead atoms. The van der Waals surface area contributed by atoms with Crippen LogP contribution in [0.1, 0.15) is 12.8 Å². The molecular formula is C8H13ClN2O4. The summed E-state index contributed by atoms with van der Waals surface area (Å²) >= 11 is 0. The van der Waals surface area contributed by atoms with Crippen LogP contribution in [0.3, 0.4) is 0 Å². The highest BCUT2D eigenvalue weighted by molar-refractivity contribution is 6.64. The maximum Gasteiger partial charge on any atom is 0.357 e. The lowest BCUT2D eigenvalue weighted by Crippen LogP contribution is -2.24. The molecule has 0 aliphatic carbocycles. The number of carbonyl (C=O) groups excluding carboxylic acids is 2. The van der Waals surface area contributed by atoms with Gasteiger partial charge < -0.3 is 14.9 Å². The highest BCUT2D eigenvalue weighted by Gasteiger charge is 2.15. The molecule has 0 aromatic carbocycles. The van der Waals surface area contributed by atoms with Crippen LogP contribution in [0.5, 0.6) is 0 Å². The summed E-state index contributed by atoms with van der Waals surface area (Å²) in [6.07, 6.45) is -0.0185.